The number of quaternary nitrogens is 1. The van der Waals surface area contributed by atoms with E-state index in [1.165, 1.54) is 10.9 Å². The molecule has 0 saturated carbocycles. The highest BCUT2D eigenvalue weighted by molar-refractivity contribution is 6.08. The van der Waals surface area contributed by atoms with Crippen LogP contribution in [0.15, 0.2) is 48.5 Å². The molecule has 3 heterocycles. The second kappa shape index (κ2) is 4.71. The van der Waals surface area contributed by atoms with Crippen molar-refractivity contribution in [2.45, 2.75) is 31.3 Å². The molecule has 1 spiro atoms. The second-order valence-corrected chi connectivity index (χ2v) is 7.01. The van der Waals surface area contributed by atoms with Crippen LogP contribution < -0.4 is 10.6 Å². The average molecular weight is 318 g/mol. The SMILES string of the molecule is C[C@@H]1CCc2c([nH]c3ccccc23)[C@]2([NH2+]1)C(=O)Nc1ccccc12. The topological polar surface area (TPSA) is 61.5 Å². The minimum absolute atomic E-state index is 0.0604. The first kappa shape index (κ1) is 13.8. The van der Waals surface area contributed by atoms with Gasteiger partial charge < -0.3 is 15.6 Å². The molecule has 0 unspecified atom stereocenters. The van der Waals surface area contributed by atoms with Gasteiger partial charge in [0.1, 0.15) is 0 Å². The van der Waals surface area contributed by atoms with Crippen molar-refractivity contribution in [2.75, 3.05) is 5.32 Å². The van der Waals surface area contributed by atoms with E-state index in [0.29, 0.717) is 6.04 Å². The van der Waals surface area contributed by atoms with Gasteiger partial charge in [-0.25, -0.2) is 0 Å². The van der Waals surface area contributed by atoms with Gasteiger partial charge in [-0.3, -0.25) is 4.79 Å². The highest BCUT2D eigenvalue weighted by Gasteiger charge is 2.56. The zero-order chi connectivity index (χ0) is 16.3. The van der Waals surface area contributed by atoms with Gasteiger partial charge in [0.2, 0.25) is 5.54 Å². The smallest absolute Gasteiger partial charge is 0.297 e. The first-order valence-electron chi connectivity index (χ1n) is 8.57. The van der Waals surface area contributed by atoms with Gasteiger partial charge >= 0.3 is 0 Å². The Morgan fingerprint density at radius 2 is 1.92 bits per heavy atom. The number of fused-ring (bicyclic) bond motifs is 6. The minimum Gasteiger partial charge on any atom is -0.352 e. The third-order valence-corrected chi connectivity index (χ3v) is 5.55. The summed E-state index contributed by atoms with van der Waals surface area (Å²) in [6.07, 6.45) is 2.06. The van der Waals surface area contributed by atoms with E-state index in [1.54, 1.807) is 0 Å². The third kappa shape index (κ3) is 1.64. The second-order valence-electron chi connectivity index (χ2n) is 7.01. The van der Waals surface area contributed by atoms with Crippen LogP contribution in [0.25, 0.3) is 10.9 Å². The molecule has 2 aromatic carbocycles. The molecule has 24 heavy (non-hydrogen) atoms. The molecule has 0 fully saturated rings. The van der Waals surface area contributed by atoms with Gasteiger partial charge in [0.15, 0.2) is 0 Å². The molecule has 4 nitrogen and oxygen atoms in total. The molecule has 5 rings (SSSR count). The summed E-state index contributed by atoms with van der Waals surface area (Å²) >= 11 is 0. The first-order chi connectivity index (χ1) is 11.7. The Hall–Kier alpha value is -2.59. The Kier molecular flexibility index (Phi) is 2.71. The van der Waals surface area contributed by atoms with Crippen LogP contribution >= 0.6 is 0 Å². The lowest BCUT2D eigenvalue weighted by Gasteiger charge is -2.26. The number of aromatic amines is 1. The van der Waals surface area contributed by atoms with Crippen LogP contribution in [0.4, 0.5) is 5.69 Å². The molecule has 2 atom stereocenters. The zero-order valence-corrected chi connectivity index (χ0v) is 13.6. The van der Waals surface area contributed by atoms with E-state index in [2.05, 4.69) is 46.8 Å². The van der Waals surface area contributed by atoms with Crippen LogP contribution in [0.5, 0.6) is 0 Å². The highest BCUT2D eigenvalue weighted by Crippen LogP contribution is 2.42. The van der Waals surface area contributed by atoms with Gasteiger partial charge in [0.05, 0.1) is 23.0 Å². The van der Waals surface area contributed by atoms with E-state index in [1.807, 2.05) is 24.3 Å². The quantitative estimate of drug-likeness (QED) is 0.585. The van der Waals surface area contributed by atoms with Crippen molar-refractivity contribution in [3.63, 3.8) is 0 Å². The van der Waals surface area contributed by atoms with E-state index in [9.17, 15) is 4.79 Å². The fraction of sp³-hybridized carbons (Fsp3) is 0.250. The van der Waals surface area contributed by atoms with Gasteiger partial charge in [-0.15, -0.1) is 0 Å². The maximum Gasteiger partial charge on any atom is 0.297 e. The van der Waals surface area contributed by atoms with E-state index in [-0.39, 0.29) is 5.91 Å². The van der Waals surface area contributed by atoms with Crippen LogP contribution in [-0.2, 0) is 16.8 Å². The molecule has 2 aliphatic rings. The van der Waals surface area contributed by atoms with Crippen molar-refractivity contribution in [3.05, 3.63) is 65.4 Å². The normalized spacial score (nSPS) is 25.4. The molecule has 4 heteroatoms. The molecule has 4 N–H and O–H groups in total. The Labute approximate surface area is 140 Å². The third-order valence-electron chi connectivity index (χ3n) is 5.55. The summed E-state index contributed by atoms with van der Waals surface area (Å²) in [5, 5.41) is 6.59. The molecule has 0 bridgehead atoms. The Bertz CT molecular complexity index is 974. The van der Waals surface area contributed by atoms with Crippen LogP contribution in [0.1, 0.15) is 30.2 Å². The van der Waals surface area contributed by atoms with E-state index in [4.69, 9.17) is 0 Å². The summed E-state index contributed by atoms with van der Waals surface area (Å²) in [6, 6.07) is 16.8. The number of carbonyl (C=O) groups excluding carboxylic acids is 1. The lowest BCUT2D eigenvalue weighted by molar-refractivity contribution is -0.738. The molecule has 0 radical (unpaired) electrons. The number of benzene rings is 2. The summed E-state index contributed by atoms with van der Waals surface area (Å²) in [6.45, 7) is 2.21. The summed E-state index contributed by atoms with van der Waals surface area (Å²) < 4.78 is 0. The number of carbonyl (C=O) groups is 1. The van der Waals surface area contributed by atoms with E-state index >= 15 is 0 Å². The Balaban J connectivity index is 1.88. The number of hydrogen-bond acceptors (Lipinski definition) is 1. The first-order valence-corrected chi connectivity index (χ1v) is 8.57. The van der Waals surface area contributed by atoms with Gasteiger partial charge in [0, 0.05) is 17.3 Å². The Morgan fingerprint density at radius 1 is 1.12 bits per heavy atom. The summed E-state index contributed by atoms with van der Waals surface area (Å²) in [5.74, 6) is 0.0604. The van der Waals surface area contributed by atoms with Crippen LogP contribution in [-0.4, -0.2) is 16.9 Å². The molecule has 120 valence electrons. The zero-order valence-electron chi connectivity index (χ0n) is 13.6. The van der Waals surface area contributed by atoms with Crippen molar-refractivity contribution in [1.82, 2.24) is 4.98 Å². The molecule has 1 aromatic heterocycles. The highest BCUT2D eigenvalue weighted by atomic mass is 16.2. The van der Waals surface area contributed by atoms with E-state index < -0.39 is 5.54 Å². The van der Waals surface area contributed by atoms with Crippen molar-refractivity contribution in [3.8, 4) is 0 Å². The van der Waals surface area contributed by atoms with E-state index in [0.717, 1.165) is 35.3 Å². The lowest BCUT2D eigenvalue weighted by atomic mass is 9.85. The number of para-hydroxylation sites is 2. The maximum absolute atomic E-state index is 13.2. The van der Waals surface area contributed by atoms with Crippen LogP contribution in [0.2, 0.25) is 0 Å². The van der Waals surface area contributed by atoms with Crippen LogP contribution in [0, 0.1) is 0 Å². The largest absolute Gasteiger partial charge is 0.352 e. The predicted molar refractivity (Wildman–Crippen MR) is 93.9 cm³/mol. The van der Waals surface area contributed by atoms with Crippen molar-refractivity contribution >= 4 is 22.5 Å². The lowest BCUT2D eigenvalue weighted by Crippen LogP contribution is -3.00. The minimum atomic E-state index is -0.707. The number of anilines is 1. The van der Waals surface area contributed by atoms with Gasteiger partial charge in [-0.1, -0.05) is 30.3 Å². The number of amides is 1. The molecule has 3 aromatic rings. The number of rotatable bonds is 0. The number of H-pyrrole nitrogens is 1. The average Bonchev–Trinajstić information content (AvgIpc) is 3.04. The Morgan fingerprint density at radius 3 is 2.83 bits per heavy atom. The number of aromatic nitrogens is 1. The van der Waals surface area contributed by atoms with Gasteiger partial charge in [-0.05, 0) is 37.1 Å². The number of nitrogens with one attached hydrogen (secondary N) is 2. The molecule has 1 amide bonds. The van der Waals surface area contributed by atoms with Gasteiger partial charge in [-0.2, -0.15) is 0 Å². The molecule has 0 aliphatic carbocycles. The van der Waals surface area contributed by atoms with Gasteiger partial charge in [0.25, 0.3) is 5.91 Å². The summed E-state index contributed by atoms with van der Waals surface area (Å²) in [5.41, 5.74) is 4.74. The standard InChI is InChI=1S/C20H19N3O/c1-12-10-11-14-13-6-2-4-8-16(13)21-18(14)20(23-12)15-7-3-5-9-17(15)22-19(20)24/h2-9,12,21,23H,10-11H2,1H3,(H,22,24)/p+1/t12-,20+/m1/s1. The predicted octanol–water partition coefficient (Wildman–Crippen LogP) is 2.26. The summed E-state index contributed by atoms with van der Waals surface area (Å²) in [4.78, 5) is 16.8. The molecular formula is C20H20N3O+. The fourth-order valence-electron chi connectivity index (χ4n) is 4.45. The van der Waals surface area contributed by atoms with Crippen LogP contribution in [0.3, 0.4) is 0 Å². The van der Waals surface area contributed by atoms with Crippen molar-refractivity contribution in [2.24, 2.45) is 0 Å². The fourth-order valence-corrected chi connectivity index (χ4v) is 4.45. The summed E-state index contributed by atoms with van der Waals surface area (Å²) in [7, 11) is 0. The molecule has 0 saturated heterocycles. The maximum atomic E-state index is 13.2. The molecule has 2 aliphatic heterocycles. The van der Waals surface area contributed by atoms with Crippen molar-refractivity contribution < 1.29 is 10.1 Å². The van der Waals surface area contributed by atoms with Crippen molar-refractivity contribution in [1.29, 1.82) is 0 Å². The number of hydrogen-bond donors (Lipinski definition) is 3. The number of aryl methyl sites for hydroxylation is 1. The monoisotopic (exact) mass is 318 g/mol. The molecular weight excluding hydrogens is 298 g/mol. The number of nitrogens with two attached hydrogens (primary N) is 1.